The summed E-state index contributed by atoms with van der Waals surface area (Å²) in [6.45, 7) is 0.257. The molecular formula is C26H24ClN3O4. The predicted octanol–water partition coefficient (Wildman–Crippen LogP) is 4.09. The number of nitrogens with one attached hydrogen (secondary N) is 1. The summed E-state index contributed by atoms with van der Waals surface area (Å²) in [6, 6.07) is 20.2. The smallest absolute Gasteiger partial charge is 0.349 e. The van der Waals surface area contributed by atoms with Crippen LogP contribution in [0.2, 0.25) is 5.02 Å². The molecule has 174 valence electrons. The molecule has 0 aliphatic heterocycles. The van der Waals surface area contributed by atoms with Crippen LogP contribution in [-0.4, -0.2) is 36.2 Å². The lowest BCUT2D eigenvalue weighted by atomic mass is 10.1. The van der Waals surface area contributed by atoms with Crippen molar-refractivity contribution in [1.29, 1.82) is 0 Å². The second kappa shape index (κ2) is 10.4. The quantitative estimate of drug-likeness (QED) is 0.413. The molecule has 0 bridgehead atoms. The Morgan fingerprint density at radius 1 is 1.00 bits per heavy atom. The Labute approximate surface area is 201 Å². The Kier molecular flexibility index (Phi) is 7.13. The number of halogens is 1. The zero-order chi connectivity index (χ0) is 24.1. The van der Waals surface area contributed by atoms with E-state index in [1.807, 2.05) is 48.5 Å². The molecule has 34 heavy (non-hydrogen) atoms. The third-order valence-electron chi connectivity index (χ3n) is 5.48. The third-order valence-corrected chi connectivity index (χ3v) is 5.71. The standard InChI is InChI=1S/C26H24ClN3O4/c1-33-22-11-8-17(14-23(22)34-2)12-13-28-24(31)16-30-21-10-9-19(27)15-20(21)25(29-26(30)32)18-6-4-3-5-7-18/h3-11,14-15H,12-13,16H2,1-2H3,(H,28,31). The van der Waals surface area contributed by atoms with E-state index in [-0.39, 0.29) is 12.5 Å². The maximum atomic E-state index is 12.9. The number of carbonyl (C=O) groups excluding carboxylic acids is 1. The summed E-state index contributed by atoms with van der Waals surface area (Å²) in [6.07, 6.45) is 0.600. The van der Waals surface area contributed by atoms with Gasteiger partial charge in [0.25, 0.3) is 0 Å². The largest absolute Gasteiger partial charge is 0.493 e. The lowest BCUT2D eigenvalue weighted by molar-refractivity contribution is -0.121. The molecule has 0 atom stereocenters. The van der Waals surface area contributed by atoms with Crippen molar-refractivity contribution >= 4 is 28.4 Å². The molecule has 1 amide bonds. The van der Waals surface area contributed by atoms with Crippen LogP contribution in [0.4, 0.5) is 0 Å². The summed E-state index contributed by atoms with van der Waals surface area (Å²) < 4.78 is 11.9. The fourth-order valence-corrected chi connectivity index (χ4v) is 3.98. The van der Waals surface area contributed by atoms with Gasteiger partial charge in [-0.3, -0.25) is 9.36 Å². The highest BCUT2D eigenvalue weighted by molar-refractivity contribution is 6.31. The predicted molar refractivity (Wildman–Crippen MR) is 133 cm³/mol. The van der Waals surface area contributed by atoms with E-state index < -0.39 is 5.69 Å². The zero-order valence-electron chi connectivity index (χ0n) is 18.9. The highest BCUT2D eigenvalue weighted by Crippen LogP contribution is 2.28. The summed E-state index contributed by atoms with van der Waals surface area (Å²) in [5.41, 5.74) is 2.43. The van der Waals surface area contributed by atoms with E-state index in [9.17, 15) is 9.59 Å². The van der Waals surface area contributed by atoms with Gasteiger partial charge in [0, 0.05) is 22.5 Å². The van der Waals surface area contributed by atoms with Crippen molar-refractivity contribution in [3.63, 3.8) is 0 Å². The maximum Gasteiger partial charge on any atom is 0.349 e. The van der Waals surface area contributed by atoms with Crippen molar-refractivity contribution in [2.24, 2.45) is 0 Å². The molecule has 3 aromatic carbocycles. The highest BCUT2D eigenvalue weighted by Gasteiger charge is 2.15. The van der Waals surface area contributed by atoms with Crippen LogP contribution in [-0.2, 0) is 17.8 Å². The summed E-state index contributed by atoms with van der Waals surface area (Å²) in [5.74, 6) is 0.994. The van der Waals surface area contributed by atoms with Gasteiger partial charge in [0.15, 0.2) is 11.5 Å². The Morgan fingerprint density at radius 2 is 1.76 bits per heavy atom. The van der Waals surface area contributed by atoms with Crippen LogP contribution in [0.3, 0.4) is 0 Å². The summed E-state index contributed by atoms with van der Waals surface area (Å²) in [5, 5.41) is 4.10. The zero-order valence-corrected chi connectivity index (χ0v) is 19.6. The van der Waals surface area contributed by atoms with E-state index in [1.165, 1.54) is 4.57 Å². The first-order valence-corrected chi connectivity index (χ1v) is 11.1. The van der Waals surface area contributed by atoms with Gasteiger partial charge in [-0.1, -0.05) is 48.0 Å². The summed E-state index contributed by atoms with van der Waals surface area (Å²) in [4.78, 5) is 29.8. The Hall–Kier alpha value is -3.84. The van der Waals surface area contributed by atoms with Crippen molar-refractivity contribution in [3.8, 4) is 22.8 Å². The van der Waals surface area contributed by atoms with Gasteiger partial charge in [0.2, 0.25) is 5.91 Å². The first-order valence-electron chi connectivity index (χ1n) is 10.7. The lowest BCUT2D eigenvalue weighted by Crippen LogP contribution is -2.34. The SMILES string of the molecule is COc1ccc(CCNC(=O)Cn2c(=O)nc(-c3ccccc3)c3cc(Cl)ccc32)cc1OC. The number of methoxy groups -OCH3 is 2. The van der Waals surface area contributed by atoms with Crippen molar-refractivity contribution < 1.29 is 14.3 Å². The number of rotatable bonds is 8. The first kappa shape index (κ1) is 23.3. The Bertz CT molecular complexity index is 1390. The van der Waals surface area contributed by atoms with Crippen LogP contribution in [0.1, 0.15) is 5.56 Å². The van der Waals surface area contributed by atoms with Crippen molar-refractivity contribution in [2.45, 2.75) is 13.0 Å². The van der Waals surface area contributed by atoms with Crippen molar-refractivity contribution in [2.75, 3.05) is 20.8 Å². The van der Waals surface area contributed by atoms with Gasteiger partial charge < -0.3 is 14.8 Å². The molecule has 1 heterocycles. The number of aromatic nitrogens is 2. The molecular weight excluding hydrogens is 454 g/mol. The minimum absolute atomic E-state index is 0.148. The topological polar surface area (TPSA) is 82.5 Å². The molecule has 0 fully saturated rings. The molecule has 1 N–H and O–H groups in total. The second-order valence-corrected chi connectivity index (χ2v) is 8.08. The molecule has 0 aliphatic rings. The minimum Gasteiger partial charge on any atom is -0.493 e. The molecule has 0 radical (unpaired) electrons. The van der Waals surface area contributed by atoms with E-state index in [0.717, 1.165) is 11.1 Å². The molecule has 8 heteroatoms. The van der Waals surface area contributed by atoms with E-state index in [4.69, 9.17) is 21.1 Å². The molecule has 4 rings (SSSR count). The van der Waals surface area contributed by atoms with Crippen LogP contribution >= 0.6 is 11.6 Å². The average Bonchev–Trinajstić information content (AvgIpc) is 2.86. The van der Waals surface area contributed by atoms with Gasteiger partial charge in [-0.15, -0.1) is 0 Å². The van der Waals surface area contributed by atoms with E-state index in [0.29, 0.717) is 46.1 Å². The van der Waals surface area contributed by atoms with Crippen molar-refractivity contribution in [3.05, 3.63) is 87.8 Å². The molecule has 4 aromatic rings. The monoisotopic (exact) mass is 477 g/mol. The van der Waals surface area contributed by atoms with Crippen LogP contribution in [0.5, 0.6) is 11.5 Å². The van der Waals surface area contributed by atoms with Gasteiger partial charge in [-0.25, -0.2) is 4.79 Å². The Morgan fingerprint density at radius 3 is 2.50 bits per heavy atom. The van der Waals surface area contributed by atoms with Crippen LogP contribution in [0.25, 0.3) is 22.2 Å². The Balaban J connectivity index is 1.53. The van der Waals surface area contributed by atoms with Gasteiger partial charge in [0.1, 0.15) is 6.54 Å². The fraction of sp³-hybridized carbons (Fsp3) is 0.192. The fourth-order valence-electron chi connectivity index (χ4n) is 3.80. The van der Waals surface area contributed by atoms with Crippen LogP contribution in [0.15, 0.2) is 71.5 Å². The van der Waals surface area contributed by atoms with E-state index in [1.54, 1.807) is 32.4 Å². The summed E-state index contributed by atoms with van der Waals surface area (Å²) >= 11 is 6.23. The molecule has 0 saturated heterocycles. The maximum absolute atomic E-state index is 12.9. The number of hydrogen-bond donors (Lipinski definition) is 1. The van der Waals surface area contributed by atoms with Crippen LogP contribution < -0.4 is 20.5 Å². The van der Waals surface area contributed by atoms with Gasteiger partial charge >= 0.3 is 5.69 Å². The number of fused-ring (bicyclic) bond motifs is 1. The van der Waals surface area contributed by atoms with Crippen LogP contribution in [0, 0.1) is 0 Å². The lowest BCUT2D eigenvalue weighted by Gasteiger charge is -2.14. The van der Waals surface area contributed by atoms with Gasteiger partial charge in [-0.05, 0) is 42.3 Å². The first-order chi connectivity index (χ1) is 16.5. The normalized spacial score (nSPS) is 10.8. The number of benzene rings is 3. The molecule has 0 saturated carbocycles. The highest BCUT2D eigenvalue weighted by atomic mass is 35.5. The molecule has 0 unspecified atom stereocenters. The van der Waals surface area contributed by atoms with Gasteiger partial charge in [-0.2, -0.15) is 4.98 Å². The number of hydrogen-bond acceptors (Lipinski definition) is 5. The molecule has 0 aliphatic carbocycles. The average molecular weight is 478 g/mol. The number of carbonyl (C=O) groups is 1. The van der Waals surface area contributed by atoms with Gasteiger partial charge in [0.05, 0.1) is 25.4 Å². The summed E-state index contributed by atoms with van der Waals surface area (Å²) in [7, 11) is 3.16. The van der Waals surface area contributed by atoms with E-state index >= 15 is 0 Å². The molecule has 7 nitrogen and oxygen atoms in total. The number of nitrogens with zero attached hydrogens (tertiary/aromatic N) is 2. The number of amides is 1. The second-order valence-electron chi connectivity index (χ2n) is 7.65. The minimum atomic E-state index is -0.497. The van der Waals surface area contributed by atoms with Crippen molar-refractivity contribution in [1.82, 2.24) is 14.9 Å². The number of ether oxygens (including phenoxy) is 2. The molecule has 1 aromatic heterocycles. The van der Waals surface area contributed by atoms with E-state index in [2.05, 4.69) is 10.3 Å². The third kappa shape index (κ3) is 5.05. The molecule has 0 spiro atoms.